The molecule has 1 aromatic carbocycles. The SMILES string of the molecule is C=CCN(CCO)CC(=O)Nc1c(C)cccc1Cl. The number of hydrogen-bond acceptors (Lipinski definition) is 3. The number of carbonyl (C=O) groups is 1. The predicted molar refractivity (Wildman–Crippen MR) is 78.5 cm³/mol. The molecule has 0 atom stereocenters. The van der Waals surface area contributed by atoms with Crippen LogP contribution in [-0.2, 0) is 4.79 Å². The van der Waals surface area contributed by atoms with E-state index in [1.807, 2.05) is 19.1 Å². The number of nitrogens with one attached hydrogen (secondary N) is 1. The lowest BCUT2D eigenvalue weighted by Gasteiger charge is -2.19. The molecular weight excluding hydrogens is 264 g/mol. The van der Waals surface area contributed by atoms with Crippen molar-refractivity contribution < 1.29 is 9.90 Å². The molecule has 0 unspecified atom stereocenters. The van der Waals surface area contributed by atoms with Crippen LogP contribution in [0.2, 0.25) is 5.02 Å². The number of benzene rings is 1. The van der Waals surface area contributed by atoms with E-state index >= 15 is 0 Å². The second-order valence-corrected chi connectivity index (χ2v) is 4.63. The Morgan fingerprint density at radius 3 is 2.89 bits per heavy atom. The van der Waals surface area contributed by atoms with Crippen LogP contribution < -0.4 is 5.32 Å². The summed E-state index contributed by atoms with van der Waals surface area (Å²) < 4.78 is 0. The summed E-state index contributed by atoms with van der Waals surface area (Å²) >= 11 is 6.05. The fourth-order valence-corrected chi connectivity index (χ4v) is 2.00. The Labute approximate surface area is 118 Å². The normalized spacial score (nSPS) is 10.5. The van der Waals surface area contributed by atoms with Gasteiger partial charge in [0.25, 0.3) is 0 Å². The van der Waals surface area contributed by atoms with Crippen LogP contribution in [-0.4, -0.2) is 42.2 Å². The standard InChI is InChI=1S/C14H19ClN2O2/c1-3-7-17(8-9-18)10-13(19)16-14-11(2)5-4-6-12(14)15/h3-6,18H,1,7-10H2,2H3,(H,16,19). The minimum absolute atomic E-state index is 0.00619. The van der Waals surface area contributed by atoms with Crippen molar-refractivity contribution >= 4 is 23.2 Å². The highest BCUT2D eigenvalue weighted by Gasteiger charge is 2.12. The third-order valence-electron chi connectivity index (χ3n) is 2.66. The molecule has 104 valence electrons. The number of halogens is 1. The molecule has 0 aliphatic heterocycles. The van der Waals surface area contributed by atoms with Gasteiger partial charge in [-0.1, -0.05) is 29.8 Å². The van der Waals surface area contributed by atoms with Crippen LogP contribution in [0.15, 0.2) is 30.9 Å². The van der Waals surface area contributed by atoms with Gasteiger partial charge in [0.15, 0.2) is 0 Å². The molecule has 19 heavy (non-hydrogen) atoms. The van der Waals surface area contributed by atoms with E-state index in [4.69, 9.17) is 16.7 Å². The molecule has 0 fully saturated rings. The highest BCUT2D eigenvalue weighted by Crippen LogP contribution is 2.24. The Balaban J connectivity index is 2.66. The summed E-state index contributed by atoms with van der Waals surface area (Å²) in [6.45, 7) is 6.69. The van der Waals surface area contributed by atoms with E-state index in [9.17, 15) is 4.79 Å². The molecule has 1 aromatic rings. The lowest BCUT2D eigenvalue weighted by Crippen LogP contribution is -2.35. The van der Waals surface area contributed by atoms with Crippen molar-refractivity contribution in [2.45, 2.75) is 6.92 Å². The average Bonchev–Trinajstić information content (AvgIpc) is 2.35. The molecule has 0 aliphatic rings. The van der Waals surface area contributed by atoms with Gasteiger partial charge < -0.3 is 10.4 Å². The Hall–Kier alpha value is -1.36. The first kappa shape index (κ1) is 15.7. The molecule has 5 heteroatoms. The molecule has 0 heterocycles. The number of hydrogen-bond donors (Lipinski definition) is 2. The topological polar surface area (TPSA) is 52.6 Å². The summed E-state index contributed by atoms with van der Waals surface area (Å²) in [5.41, 5.74) is 1.55. The number of nitrogens with zero attached hydrogens (tertiary/aromatic N) is 1. The smallest absolute Gasteiger partial charge is 0.238 e. The van der Waals surface area contributed by atoms with Gasteiger partial charge in [0.05, 0.1) is 23.9 Å². The number of para-hydroxylation sites is 1. The average molecular weight is 283 g/mol. The van der Waals surface area contributed by atoms with Crippen molar-refractivity contribution in [3.63, 3.8) is 0 Å². The van der Waals surface area contributed by atoms with Crippen molar-refractivity contribution in [1.29, 1.82) is 0 Å². The van der Waals surface area contributed by atoms with Crippen LogP contribution in [0.3, 0.4) is 0 Å². The Morgan fingerprint density at radius 1 is 1.58 bits per heavy atom. The Bertz CT molecular complexity index is 429. The zero-order valence-corrected chi connectivity index (χ0v) is 11.8. The first-order valence-corrected chi connectivity index (χ1v) is 6.45. The summed E-state index contributed by atoms with van der Waals surface area (Å²) in [4.78, 5) is 13.7. The zero-order valence-electron chi connectivity index (χ0n) is 11.0. The molecule has 1 rings (SSSR count). The van der Waals surface area contributed by atoms with Gasteiger partial charge in [0.1, 0.15) is 0 Å². The van der Waals surface area contributed by atoms with Crippen LogP contribution in [0.25, 0.3) is 0 Å². The van der Waals surface area contributed by atoms with Crippen molar-refractivity contribution in [2.75, 3.05) is 31.6 Å². The largest absolute Gasteiger partial charge is 0.395 e. The van der Waals surface area contributed by atoms with Gasteiger partial charge in [-0.05, 0) is 18.6 Å². The molecule has 0 spiro atoms. The van der Waals surface area contributed by atoms with Gasteiger partial charge in [-0.25, -0.2) is 0 Å². The molecule has 2 N–H and O–H groups in total. The monoisotopic (exact) mass is 282 g/mol. The Morgan fingerprint density at radius 2 is 2.32 bits per heavy atom. The molecule has 1 amide bonds. The first-order valence-electron chi connectivity index (χ1n) is 6.07. The third kappa shape index (κ3) is 5.03. The number of amides is 1. The van der Waals surface area contributed by atoms with E-state index in [1.165, 1.54) is 0 Å². The van der Waals surface area contributed by atoms with Crippen LogP contribution in [0.4, 0.5) is 5.69 Å². The second kappa shape index (κ2) is 7.94. The quantitative estimate of drug-likeness (QED) is 0.753. The molecule has 0 aliphatic carbocycles. The van der Waals surface area contributed by atoms with Gasteiger partial charge in [0, 0.05) is 13.1 Å². The number of aryl methyl sites for hydroxylation is 1. The fraction of sp³-hybridized carbons (Fsp3) is 0.357. The zero-order chi connectivity index (χ0) is 14.3. The van der Waals surface area contributed by atoms with Crippen molar-refractivity contribution in [1.82, 2.24) is 4.90 Å². The molecule has 4 nitrogen and oxygen atoms in total. The predicted octanol–water partition coefficient (Wildman–Crippen LogP) is 2.07. The maximum atomic E-state index is 11.9. The van der Waals surface area contributed by atoms with Gasteiger partial charge in [-0.15, -0.1) is 6.58 Å². The number of aliphatic hydroxyl groups is 1. The minimum atomic E-state index is -0.161. The molecule has 0 bridgehead atoms. The van der Waals surface area contributed by atoms with E-state index in [0.29, 0.717) is 23.8 Å². The molecule has 0 saturated carbocycles. The number of aliphatic hydroxyl groups excluding tert-OH is 1. The molecule has 0 aromatic heterocycles. The summed E-state index contributed by atoms with van der Waals surface area (Å²) in [7, 11) is 0. The van der Waals surface area contributed by atoms with Crippen LogP contribution in [0.1, 0.15) is 5.56 Å². The second-order valence-electron chi connectivity index (χ2n) is 4.23. The van der Waals surface area contributed by atoms with E-state index in [1.54, 1.807) is 17.0 Å². The molecule has 0 saturated heterocycles. The minimum Gasteiger partial charge on any atom is -0.395 e. The van der Waals surface area contributed by atoms with E-state index < -0.39 is 0 Å². The summed E-state index contributed by atoms with van der Waals surface area (Å²) in [6, 6.07) is 5.46. The van der Waals surface area contributed by atoms with Crippen LogP contribution >= 0.6 is 11.6 Å². The van der Waals surface area contributed by atoms with Gasteiger partial charge in [0.2, 0.25) is 5.91 Å². The van der Waals surface area contributed by atoms with E-state index in [2.05, 4.69) is 11.9 Å². The van der Waals surface area contributed by atoms with Crippen LogP contribution in [0, 0.1) is 6.92 Å². The van der Waals surface area contributed by atoms with Crippen molar-refractivity contribution in [2.24, 2.45) is 0 Å². The number of rotatable bonds is 7. The van der Waals surface area contributed by atoms with E-state index in [-0.39, 0.29) is 19.1 Å². The van der Waals surface area contributed by atoms with Crippen molar-refractivity contribution in [3.05, 3.63) is 41.4 Å². The van der Waals surface area contributed by atoms with Crippen molar-refractivity contribution in [3.8, 4) is 0 Å². The number of anilines is 1. The van der Waals surface area contributed by atoms with Crippen LogP contribution in [0.5, 0.6) is 0 Å². The maximum absolute atomic E-state index is 11.9. The summed E-state index contributed by atoms with van der Waals surface area (Å²) in [5.74, 6) is -0.161. The Kier molecular flexibility index (Phi) is 6.56. The van der Waals surface area contributed by atoms with Gasteiger partial charge >= 0.3 is 0 Å². The fourth-order valence-electron chi connectivity index (χ4n) is 1.73. The summed E-state index contributed by atoms with van der Waals surface area (Å²) in [5, 5.41) is 12.2. The van der Waals surface area contributed by atoms with Gasteiger partial charge in [-0.2, -0.15) is 0 Å². The highest BCUT2D eigenvalue weighted by molar-refractivity contribution is 6.33. The van der Waals surface area contributed by atoms with E-state index in [0.717, 1.165) is 5.56 Å². The van der Waals surface area contributed by atoms with Gasteiger partial charge in [-0.3, -0.25) is 9.69 Å². The number of carbonyl (C=O) groups excluding carboxylic acids is 1. The molecular formula is C14H19ClN2O2. The lowest BCUT2D eigenvalue weighted by atomic mass is 10.2. The first-order chi connectivity index (χ1) is 9.08. The maximum Gasteiger partial charge on any atom is 0.238 e. The molecule has 0 radical (unpaired) electrons. The highest BCUT2D eigenvalue weighted by atomic mass is 35.5. The lowest BCUT2D eigenvalue weighted by molar-refractivity contribution is -0.117. The summed E-state index contributed by atoms with van der Waals surface area (Å²) in [6.07, 6.45) is 1.70. The third-order valence-corrected chi connectivity index (χ3v) is 2.97.